The number of benzene rings is 3. The van der Waals surface area contributed by atoms with Crippen LogP contribution in [0.3, 0.4) is 0 Å². The topological polar surface area (TPSA) is 99.7 Å². The van der Waals surface area contributed by atoms with E-state index >= 15 is 0 Å². The third-order valence-corrected chi connectivity index (χ3v) is 10.9. The van der Waals surface area contributed by atoms with Gasteiger partial charge in [0.25, 0.3) is 0 Å². The van der Waals surface area contributed by atoms with Crippen LogP contribution >= 0.6 is 34.8 Å². The first-order chi connectivity index (χ1) is 18.1. The number of hydrogen-bond donors (Lipinski definition) is 1. The highest BCUT2D eigenvalue weighted by Crippen LogP contribution is 2.30. The molecule has 0 amide bonds. The summed E-state index contributed by atoms with van der Waals surface area (Å²) in [6.45, 7) is 0.0231. The second-order valence-corrected chi connectivity index (χ2v) is 13.7. The summed E-state index contributed by atoms with van der Waals surface area (Å²) in [5.74, 6) is 0. The van der Waals surface area contributed by atoms with Gasteiger partial charge in [0.2, 0.25) is 20.0 Å². The highest BCUT2D eigenvalue weighted by atomic mass is 35.5. The molecule has 8 nitrogen and oxygen atoms in total. The van der Waals surface area contributed by atoms with Crippen LogP contribution in [0.25, 0.3) is 10.9 Å². The number of rotatable bonds is 6. The second-order valence-electron chi connectivity index (χ2n) is 8.55. The first-order valence-electron chi connectivity index (χ1n) is 11.4. The van der Waals surface area contributed by atoms with Gasteiger partial charge in [-0.2, -0.15) is 8.61 Å². The monoisotopic (exact) mass is 610 g/mol. The standard InChI is InChI=1S/C25H21Cl3N4O4S2/c26-17-2-8-25(22(28)15-17)38(35,36)32-13-11-31(12-14-32)37(33,34)20-5-3-19(4-6-20)30-23-9-10-29-24-16-18(27)1-7-21(23)24/h1-10,15-16H,11-14H2,(H,29,30). The van der Waals surface area contributed by atoms with Crippen LogP contribution in [-0.4, -0.2) is 56.6 Å². The lowest BCUT2D eigenvalue weighted by atomic mass is 10.2. The van der Waals surface area contributed by atoms with Crippen LogP contribution in [0.2, 0.25) is 15.1 Å². The Morgan fingerprint density at radius 1 is 0.711 bits per heavy atom. The molecule has 3 aromatic carbocycles. The van der Waals surface area contributed by atoms with Crippen molar-refractivity contribution in [1.82, 2.24) is 13.6 Å². The number of halogens is 3. The van der Waals surface area contributed by atoms with E-state index in [4.69, 9.17) is 34.8 Å². The second kappa shape index (κ2) is 10.6. The lowest BCUT2D eigenvalue weighted by molar-refractivity contribution is 0.273. The fourth-order valence-electron chi connectivity index (χ4n) is 4.22. The number of aromatic nitrogens is 1. The van der Waals surface area contributed by atoms with Crippen LogP contribution in [0.5, 0.6) is 0 Å². The van der Waals surface area contributed by atoms with E-state index in [0.29, 0.717) is 15.7 Å². The van der Waals surface area contributed by atoms with Crippen LogP contribution in [0.1, 0.15) is 0 Å². The zero-order chi connectivity index (χ0) is 27.1. The lowest BCUT2D eigenvalue weighted by Crippen LogP contribution is -2.50. The van der Waals surface area contributed by atoms with E-state index in [1.54, 1.807) is 30.5 Å². The van der Waals surface area contributed by atoms with Crippen molar-refractivity contribution in [2.75, 3.05) is 31.5 Å². The minimum absolute atomic E-state index is 0.000703. The molecular formula is C25H21Cl3N4O4S2. The fourth-order valence-corrected chi connectivity index (χ4v) is 7.98. The molecule has 0 saturated carbocycles. The minimum atomic E-state index is -3.90. The Balaban J connectivity index is 1.28. The molecule has 0 radical (unpaired) electrons. The minimum Gasteiger partial charge on any atom is -0.355 e. The molecule has 0 aliphatic carbocycles. The van der Waals surface area contributed by atoms with Crippen molar-refractivity contribution in [3.63, 3.8) is 0 Å². The summed E-state index contributed by atoms with van der Waals surface area (Å²) in [5.41, 5.74) is 2.24. The molecule has 4 aromatic rings. The largest absolute Gasteiger partial charge is 0.355 e. The quantitative estimate of drug-likeness (QED) is 0.303. The van der Waals surface area contributed by atoms with Crippen molar-refractivity contribution in [1.29, 1.82) is 0 Å². The van der Waals surface area contributed by atoms with Gasteiger partial charge in [0, 0.05) is 59.2 Å². The van der Waals surface area contributed by atoms with Gasteiger partial charge in [-0.3, -0.25) is 4.98 Å². The van der Waals surface area contributed by atoms with Gasteiger partial charge in [-0.15, -0.1) is 0 Å². The Hall–Kier alpha value is -2.44. The molecule has 1 fully saturated rings. The molecule has 1 aliphatic heterocycles. The van der Waals surface area contributed by atoms with Gasteiger partial charge in [-0.1, -0.05) is 34.8 Å². The highest BCUT2D eigenvalue weighted by molar-refractivity contribution is 7.89. The highest BCUT2D eigenvalue weighted by Gasteiger charge is 2.34. The average molecular weight is 612 g/mol. The Morgan fingerprint density at radius 3 is 1.97 bits per heavy atom. The van der Waals surface area contributed by atoms with Crippen molar-refractivity contribution < 1.29 is 16.8 Å². The molecule has 1 aliphatic rings. The Labute approximate surface area is 235 Å². The van der Waals surface area contributed by atoms with Crippen LogP contribution in [0.4, 0.5) is 11.4 Å². The van der Waals surface area contributed by atoms with Gasteiger partial charge >= 0.3 is 0 Å². The predicted octanol–water partition coefficient (Wildman–Crippen LogP) is 5.63. The summed E-state index contributed by atoms with van der Waals surface area (Å²) < 4.78 is 55.1. The Bertz CT molecular complexity index is 1730. The summed E-state index contributed by atoms with van der Waals surface area (Å²) >= 11 is 18.0. The van der Waals surface area contributed by atoms with Crippen molar-refractivity contribution in [3.05, 3.63) is 88.0 Å². The van der Waals surface area contributed by atoms with Gasteiger partial charge in [-0.25, -0.2) is 16.8 Å². The Kier molecular flexibility index (Phi) is 7.58. The molecule has 0 bridgehead atoms. The number of piperazine rings is 1. The molecule has 5 rings (SSSR count). The normalized spacial score (nSPS) is 15.6. The lowest BCUT2D eigenvalue weighted by Gasteiger charge is -2.33. The fraction of sp³-hybridized carbons (Fsp3) is 0.160. The number of anilines is 2. The third-order valence-electron chi connectivity index (χ3n) is 6.19. The van der Waals surface area contributed by atoms with Gasteiger partial charge in [0.15, 0.2) is 0 Å². The molecule has 38 heavy (non-hydrogen) atoms. The summed E-state index contributed by atoms with van der Waals surface area (Å²) in [5, 5.41) is 5.09. The summed E-state index contributed by atoms with van der Waals surface area (Å²) in [6, 6.07) is 17.8. The van der Waals surface area contributed by atoms with Crippen molar-refractivity contribution in [3.8, 4) is 0 Å². The molecule has 2 heterocycles. The number of sulfonamides is 2. The van der Waals surface area contributed by atoms with Gasteiger partial charge < -0.3 is 5.32 Å². The molecule has 1 aromatic heterocycles. The number of pyridine rings is 1. The van der Waals surface area contributed by atoms with Crippen LogP contribution in [-0.2, 0) is 20.0 Å². The average Bonchev–Trinajstić information content (AvgIpc) is 2.89. The molecule has 1 N–H and O–H groups in total. The van der Waals surface area contributed by atoms with E-state index < -0.39 is 20.0 Å². The number of fused-ring (bicyclic) bond motifs is 1. The first-order valence-corrected chi connectivity index (χ1v) is 15.4. The molecule has 0 spiro atoms. The maximum Gasteiger partial charge on any atom is 0.244 e. The van der Waals surface area contributed by atoms with E-state index in [9.17, 15) is 16.8 Å². The van der Waals surface area contributed by atoms with Crippen LogP contribution < -0.4 is 5.32 Å². The van der Waals surface area contributed by atoms with E-state index in [0.717, 1.165) is 16.6 Å². The Morgan fingerprint density at radius 2 is 1.32 bits per heavy atom. The van der Waals surface area contributed by atoms with Gasteiger partial charge in [0.05, 0.1) is 15.4 Å². The van der Waals surface area contributed by atoms with Crippen molar-refractivity contribution >= 4 is 77.1 Å². The molecule has 0 unspecified atom stereocenters. The summed E-state index contributed by atoms with van der Waals surface area (Å²) in [6.07, 6.45) is 1.67. The first kappa shape index (κ1) is 27.1. The number of nitrogens with one attached hydrogen (secondary N) is 1. The zero-order valence-corrected chi connectivity index (χ0v) is 23.6. The van der Waals surface area contributed by atoms with Crippen LogP contribution in [0, 0.1) is 0 Å². The zero-order valence-electron chi connectivity index (χ0n) is 19.7. The van der Waals surface area contributed by atoms with Crippen LogP contribution in [0.15, 0.2) is 82.7 Å². The molecular weight excluding hydrogens is 591 g/mol. The number of hydrogen-bond acceptors (Lipinski definition) is 6. The van der Waals surface area contributed by atoms with Gasteiger partial charge in [0.1, 0.15) is 4.90 Å². The SMILES string of the molecule is O=S(=O)(c1ccc(Nc2ccnc3cc(Cl)ccc23)cc1)N1CCN(S(=O)(=O)c2ccc(Cl)cc2Cl)CC1. The van der Waals surface area contributed by atoms with Crippen molar-refractivity contribution in [2.24, 2.45) is 0 Å². The van der Waals surface area contributed by atoms with Gasteiger partial charge in [-0.05, 0) is 66.7 Å². The van der Waals surface area contributed by atoms with Crippen molar-refractivity contribution in [2.45, 2.75) is 9.79 Å². The predicted molar refractivity (Wildman–Crippen MR) is 150 cm³/mol. The molecule has 198 valence electrons. The maximum absolute atomic E-state index is 13.3. The van der Waals surface area contributed by atoms with E-state index in [1.165, 1.54) is 38.9 Å². The summed E-state index contributed by atoms with van der Waals surface area (Å²) in [7, 11) is -7.72. The van der Waals surface area contributed by atoms with E-state index in [-0.39, 0.29) is 41.0 Å². The molecule has 13 heteroatoms. The maximum atomic E-state index is 13.3. The van der Waals surface area contributed by atoms with E-state index in [1.807, 2.05) is 12.1 Å². The number of nitrogens with zero attached hydrogens (tertiary/aromatic N) is 3. The smallest absolute Gasteiger partial charge is 0.244 e. The molecule has 1 saturated heterocycles. The third kappa shape index (κ3) is 5.35. The van der Waals surface area contributed by atoms with E-state index in [2.05, 4.69) is 10.3 Å². The summed E-state index contributed by atoms with van der Waals surface area (Å²) in [4.78, 5) is 4.38. The molecule has 0 atom stereocenters.